The van der Waals surface area contributed by atoms with Gasteiger partial charge < -0.3 is 24.9 Å². The first-order valence-corrected chi connectivity index (χ1v) is 7.80. The summed E-state index contributed by atoms with van der Waals surface area (Å²) in [4.78, 5) is 29.3. The van der Waals surface area contributed by atoms with Gasteiger partial charge in [-0.3, -0.25) is 4.70 Å². The lowest BCUT2D eigenvalue weighted by Gasteiger charge is -1.99. The summed E-state index contributed by atoms with van der Waals surface area (Å²) in [6.45, 7) is 3.13. The minimum Gasteiger partial charge on any atom is -0.368 e. The fourth-order valence-electron chi connectivity index (χ4n) is 1.28. The van der Waals surface area contributed by atoms with E-state index in [1.54, 1.807) is 0 Å². The van der Waals surface area contributed by atoms with Gasteiger partial charge in [0, 0.05) is 0 Å². The Morgan fingerprint density at radius 3 is 1.35 bits per heavy atom. The molecule has 0 atom stereocenters. The van der Waals surface area contributed by atoms with Crippen LogP contribution >= 0.6 is 0 Å². The summed E-state index contributed by atoms with van der Waals surface area (Å²) >= 11 is 0. The van der Waals surface area contributed by atoms with Gasteiger partial charge >= 0.3 is 9.05 Å². The second-order valence-electron chi connectivity index (χ2n) is 3.86. The Morgan fingerprint density at radius 2 is 1.06 bits per heavy atom. The van der Waals surface area contributed by atoms with Gasteiger partial charge in [-0.1, -0.05) is 51.9 Å². The number of unbranched alkanes of at least 4 members (excludes halogenated alkanes) is 7. The van der Waals surface area contributed by atoms with Crippen LogP contribution in [0.4, 0.5) is 4.70 Å². The normalized spacial score (nSPS) is 10.2. The van der Waals surface area contributed by atoms with Gasteiger partial charge in [0.15, 0.2) is 0 Å². The van der Waals surface area contributed by atoms with Crippen LogP contribution in [0, 0.1) is 0 Å². The van der Waals surface area contributed by atoms with Crippen molar-refractivity contribution < 1.29 is 23.9 Å². The summed E-state index contributed by atoms with van der Waals surface area (Å²) < 4.78 is 0. The fourth-order valence-corrected chi connectivity index (χ4v) is 1.28. The molecule has 0 aromatic rings. The minimum absolute atomic E-state index is 0. The van der Waals surface area contributed by atoms with Gasteiger partial charge in [0.25, 0.3) is 0 Å². The molecular weight excluding hydrogens is 245 g/mol. The third kappa shape index (κ3) is 49.1. The van der Waals surface area contributed by atoms with E-state index in [1.165, 1.54) is 51.4 Å². The molecule has 0 aliphatic rings. The van der Waals surface area contributed by atoms with Crippen molar-refractivity contribution in [3.63, 3.8) is 0 Å². The van der Waals surface area contributed by atoms with Crippen molar-refractivity contribution >= 4 is 9.05 Å². The smallest absolute Gasteiger partial charge is 0.368 e. The molecule has 108 valence electrons. The molecule has 0 fully saturated rings. The van der Waals surface area contributed by atoms with Crippen LogP contribution in [0.5, 0.6) is 0 Å². The maximum atomic E-state index is 7.33. The van der Waals surface area contributed by atoms with Crippen molar-refractivity contribution in [2.75, 3.05) is 6.54 Å². The predicted molar refractivity (Wildman–Crippen MR) is 68.8 cm³/mol. The van der Waals surface area contributed by atoms with E-state index in [9.17, 15) is 0 Å². The minimum atomic E-state index is -4.61. The zero-order valence-corrected chi connectivity index (χ0v) is 11.6. The molecule has 17 heavy (non-hydrogen) atoms. The van der Waals surface area contributed by atoms with Crippen molar-refractivity contribution in [2.24, 2.45) is 5.73 Å². The zero-order chi connectivity index (χ0) is 12.9. The lowest BCUT2D eigenvalue weighted by atomic mass is 10.1. The van der Waals surface area contributed by atoms with Crippen LogP contribution in [-0.4, -0.2) is 34.8 Å². The largest absolute Gasteiger partial charge is 0.668 e. The summed E-state index contributed by atoms with van der Waals surface area (Å²) in [6, 6.07) is 0. The molecule has 0 aliphatic carbocycles. The number of hydrogen-bond acceptors (Lipinski definition) is 5. The van der Waals surface area contributed by atoms with Crippen LogP contribution in [0.3, 0.4) is 0 Å². The Kier molecular flexibility index (Phi) is 20.8. The van der Waals surface area contributed by atoms with Crippen molar-refractivity contribution in [2.45, 2.75) is 58.3 Å². The Bertz CT molecular complexity index is 122. The van der Waals surface area contributed by atoms with Gasteiger partial charge in [0.05, 0.1) is 0 Å². The van der Waals surface area contributed by atoms with Crippen LogP contribution in [-0.2, 0) is 0 Å². The summed E-state index contributed by atoms with van der Waals surface area (Å²) in [5, 5.41) is 0. The molecule has 0 saturated carbocycles. The summed E-state index contributed by atoms with van der Waals surface area (Å²) in [7, 11) is -4.61. The average Bonchev–Trinajstić information content (AvgIpc) is 2.14. The lowest BCUT2D eigenvalue weighted by Crippen LogP contribution is -2.33. The van der Waals surface area contributed by atoms with Crippen molar-refractivity contribution in [1.82, 2.24) is 0 Å². The van der Waals surface area contributed by atoms with E-state index in [0.717, 1.165) is 6.54 Å². The third-order valence-electron chi connectivity index (χ3n) is 2.06. The molecule has 6 N–H and O–H groups in total. The highest BCUT2D eigenvalue weighted by molar-refractivity contribution is 6.46. The van der Waals surface area contributed by atoms with E-state index < -0.39 is 9.05 Å². The average molecular weight is 273 g/mol. The van der Waals surface area contributed by atoms with Crippen LogP contribution in [0.1, 0.15) is 58.3 Å². The molecule has 7 heteroatoms. The van der Waals surface area contributed by atoms with Gasteiger partial charge in [-0.25, -0.2) is 0 Å². The van der Waals surface area contributed by atoms with Gasteiger partial charge in [0.2, 0.25) is 0 Å². The Morgan fingerprint density at radius 1 is 0.765 bits per heavy atom. The molecule has 0 radical (unpaired) electrons. The molecule has 0 bridgehead atoms. The zero-order valence-electron chi connectivity index (χ0n) is 10.6. The second-order valence-corrected chi connectivity index (χ2v) is 5.06. The standard InChI is InChI=1S/C10H23N.FH.H4O4Si/c1-2-3-4-5-6-7-8-9-10-11;;1-5(2,3)4/h2-11H2,1H3;1H;1-4H. The fraction of sp³-hybridized carbons (Fsp3) is 1.00. The molecular formula is C10H28FNO4Si. The molecule has 5 nitrogen and oxygen atoms in total. The highest BCUT2D eigenvalue weighted by Gasteiger charge is 2.22. The van der Waals surface area contributed by atoms with Gasteiger partial charge in [-0.05, 0) is 13.0 Å². The topological polar surface area (TPSA) is 107 Å². The maximum absolute atomic E-state index is 7.33. The molecule has 0 aliphatic heterocycles. The molecule has 0 saturated heterocycles. The third-order valence-corrected chi connectivity index (χ3v) is 2.06. The van der Waals surface area contributed by atoms with E-state index in [4.69, 9.17) is 24.9 Å². The van der Waals surface area contributed by atoms with Crippen LogP contribution in [0.15, 0.2) is 0 Å². The first-order chi connectivity index (χ1) is 7.41. The first-order valence-electron chi connectivity index (χ1n) is 6.01. The first kappa shape index (κ1) is 22.2. The number of halogens is 1. The molecule has 0 heterocycles. The molecule has 0 rings (SSSR count). The molecule has 0 aromatic carbocycles. The van der Waals surface area contributed by atoms with Crippen molar-refractivity contribution in [3.05, 3.63) is 0 Å². The predicted octanol–water partition coefficient (Wildman–Crippen LogP) is 0.629. The summed E-state index contributed by atoms with van der Waals surface area (Å²) in [5.41, 5.74) is 5.39. The monoisotopic (exact) mass is 273 g/mol. The van der Waals surface area contributed by atoms with E-state index in [1.807, 2.05) is 0 Å². The SMILES string of the molecule is CCCCCCCCCCN.F.O[Si](O)(O)O. The van der Waals surface area contributed by atoms with E-state index in [2.05, 4.69) is 6.92 Å². The molecule has 0 spiro atoms. The van der Waals surface area contributed by atoms with Gasteiger partial charge in [-0.2, -0.15) is 0 Å². The summed E-state index contributed by atoms with van der Waals surface area (Å²) in [6.07, 6.45) is 11.0. The quantitative estimate of drug-likeness (QED) is 0.329. The van der Waals surface area contributed by atoms with E-state index in [-0.39, 0.29) is 4.70 Å². The molecule has 0 aromatic heterocycles. The second kappa shape index (κ2) is 15.9. The maximum Gasteiger partial charge on any atom is 0.668 e. The van der Waals surface area contributed by atoms with Crippen LogP contribution in [0.2, 0.25) is 0 Å². The molecule has 0 amide bonds. The van der Waals surface area contributed by atoms with Crippen LogP contribution < -0.4 is 5.73 Å². The highest BCUT2D eigenvalue weighted by atomic mass is 28.4. The van der Waals surface area contributed by atoms with E-state index in [0.29, 0.717) is 0 Å². The van der Waals surface area contributed by atoms with Gasteiger partial charge in [0.1, 0.15) is 0 Å². The van der Waals surface area contributed by atoms with Crippen molar-refractivity contribution in [3.8, 4) is 0 Å². The van der Waals surface area contributed by atoms with Gasteiger partial charge in [-0.15, -0.1) is 0 Å². The summed E-state index contributed by atoms with van der Waals surface area (Å²) in [5.74, 6) is 0. The lowest BCUT2D eigenvalue weighted by molar-refractivity contribution is 0.117. The Balaban J connectivity index is -0.000000280. The number of nitrogens with two attached hydrogens (primary N) is 1. The van der Waals surface area contributed by atoms with E-state index >= 15 is 0 Å². The highest BCUT2D eigenvalue weighted by Crippen LogP contribution is 2.07. The number of rotatable bonds is 8. The Hall–Kier alpha value is -0.0531. The van der Waals surface area contributed by atoms with Crippen LogP contribution in [0.25, 0.3) is 0 Å². The number of hydrogen-bond donors (Lipinski definition) is 5. The molecule has 0 unspecified atom stereocenters. The Labute approximate surface area is 104 Å². The van der Waals surface area contributed by atoms with Crippen molar-refractivity contribution in [1.29, 1.82) is 0 Å².